The molecule has 4 rings (SSSR count). The molecule has 0 saturated carbocycles. The molecule has 0 radical (unpaired) electrons. The van der Waals surface area contributed by atoms with E-state index >= 15 is 4.39 Å². The Morgan fingerprint density at radius 1 is 1.34 bits per heavy atom. The van der Waals surface area contributed by atoms with Crippen LogP contribution in [0.3, 0.4) is 0 Å². The molecule has 6 nitrogen and oxygen atoms in total. The third-order valence-electron chi connectivity index (χ3n) is 6.12. The van der Waals surface area contributed by atoms with Gasteiger partial charge in [-0.1, -0.05) is 6.07 Å². The van der Waals surface area contributed by atoms with Crippen molar-refractivity contribution >= 4 is 5.91 Å². The van der Waals surface area contributed by atoms with Crippen LogP contribution in [0.5, 0.6) is 0 Å². The molecule has 1 fully saturated rings. The predicted molar refractivity (Wildman–Crippen MR) is 106 cm³/mol. The van der Waals surface area contributed by atoms with E-state index in [-0.39, 0.29) is 29.5 Å². The molecule has 2 aliphatic heterocycles. The van der Waals surface area contributed by atoms with E-state index in [1.54, 1.807) is 19.2 Å². The predicted octanol–water partition coefficient (Wildman–Crippen LogP) is 2.60. The highest BCUT2D eigenvalue weighted by Crippen LogP contribution is 2.41. The van der Waals surface area contributed by atoms with Crippen LogP contribution >= 0.6 is 0 Å². The summed E-state index contributed by atoms with van der Waals surface area (Å²) in [6, 6.07) is 6.72. The number of fused-ring (bicyclic) bond motifs is 1. The van der Waals surface area contributed by atoms with E-state index < -0.39 is 17.6 Å². The summed E-state index contributed by atoms with van der Waals surface area (Å²) in [4.78, 5) is 21.0. The Labute approximate surface area is 169 Å². The standard InChI is InChI=1S/C22H26FN3O3/c1-13-5-6-16(24-9-13)12-26-20(27)17-7-14(8-18(23)19(17)21(26)29-4)22(2,28)15-10-25(3)11-15/h5-9,15,21,28H,10-12H2,1-4H3. The summed E-state index contributed by atoms with van der Waals surface area (Å²) in [5.41, 5.74) is 1.39. The van der Waals surface area contributed by atoms with Crippen LogP contribution in [-0.4, -0.2) is 53.0 Å². The van der Waals surface area contributed by atoms with Crippen molar-refractivity contribution in [3.8, 4) is 0 Å². The van der Waals surface area contributed by atoms with Gasteiger partial charge < -0.3 is 19.6 Å². The number of aromatic nitrogens is 1. The molecule has 2 aliphatic rings. The summed E-state index contributed by atoms with van der Waals surface area (Å²) in [6.07, 6.45) is 0.908. The lowest BCUT2D eigenvalue weighted by atomic mass is 9.77. The minimum atomic E-state index is -1.21. The Morgan fingerprint density at radius 2 is 2.07 bits per heavy atom. The Kier molecular flexibility index (Phi) is 4.93. The Balaban J connectivity index is 1.68. The van der Waals surface area contributed by atoms with Gasteiger partial charge >= 0.3 is 0 Å². The van der Waals surface area contributed by atoms with Crippen LogP contribution in [0.2, 0.25) is 0 Å². The number of aryl methyl sites for hydroxylation is 1. The number of rotatable bonds is 5. The average molecular weight is 399 g/mol. The lowest BCUT2D eigenvalue weighted by Crippen LogP contribution is -2.53. The van der Waals surface area contributed by atoms with Gasteiger partial charge in [0.2, 0.25) is 0 Å². The fraction of sp³-hybridized carbons (Fsp3) is 0.455. The Hall–Kier alpha value is -2.35. The fourth-order valence-corrected chi connectivity index (χ4v) is 4.21. The van der Waals surface area contributed by atoms with Gasteiger partial charge in [0.05, 0.1) is 23.4 Å². The van der Waals surface area contributed by atoms with Crippen molar-refractivity contribution < 1.29 is 19.0 Å². The highest BCUT2D eigenvalue weighted by molar-refractivity contribution is 5.99. The van der Waals surface area contributed by atoms with Crippen molar-refractivity contribution in [3.05, 3.63) is 64.2 Å². The zero-order valence-corrected chi connectivity index (χ0v) is 17.1. The van der Waals surface area contributed by atoms with E-state index in [1.807, 2.05) is 26.1 Å². The first-order valence-electron chi connectivity index (χ1n) is 9.72. The van der Waals surface area contributed by atoms with Gasteiger partial charge in [-0.15, -0.1) is 0 Å². The molecule has 2 unspecified atom stereocenters. The number of aliphatic hydroxyl groups is 1. The smallest absolute Gasteiger partial charge is 0.257 e. The van der Waals surface area contributed by atoms with Crippen molar-refractivity contribution in [2.75, 3.05) is 27.2 Å². The summed E-state index contributed by atoms with van der Waals surface area (Å²) in [6.45, 7) is 5.29. The van der Waals surface area contributed by atoms with E-state index in [1.165, 1.54) is 18.1 Å². The molecule has 7 heteroatoms. The third kappa shape index (κ3) is 3.33. The number of methoxy groups -OCH3 is 1. The molecule has 2 atom stereocenters. The average Bonchev–Trinajstić information content (AvgIpc) is 2.93. The van der Waals surface area contributed by atoms with Crippen LogP contribution in [0.15, 0.2) is 30.5 Å². The van der Waals surface area contributed by atoms with Gasteiger partial charge in [0, 0.05) is 37.9 Å². The molecular weight excluding hydrogens is 373 g/mol. The highest BCUT2D eigenvalue weighted by atomic mass is 19.1. The van der Waals surface area contributed by atoms with Gasteiger partial charge in [0.1, 0.15) is 5.82 Å². The van der Waals surface area contributed by atoms with Crippen LogP contribution in [0, 0.1) is 18.7 Å². The Bertz CT molecular complexity index is 939. The number of carbonyl (C=O) groups is 1. The minimum Gasteiger partial charge on any atom is -0.385 e. The second-order valence-corrected chi connectivity index (χ2v) is 8.33. The van der Waals surface area contributed by atoms with Crippen molar-refractivity contribution in [1.29, 1.82) is 0 Å². The number of likely N-dealkylation sites (tertiary alicyclic amines) is 1. The van der Waals surface area contributed by atoms with Gasteiger partial charge in [0.25, 0.3) is 5.91 Å². The second-order valence-electron chi connectivity index (χ2n) is 8.33. The zero-order chi connectivity index (χ0) is 20.9. The van der Waals surface area contributed by atoms with E-state index in [0.29, 0.717) is 11.3 Å². The van der Waals surface area contributed by atoms with Crippen LogP contribution < -0.4 is 0 Å². The number of ether oxygens (including phenoxy) is 1. The van der Waals surface area contributed by atoms with E-state index in [4.69, 9.17) is 4.74 Å². The van der Waals surface area contributed by atoms with Gasteiger partial charge in [-0.2, -0.15) is 0 Å². The molecule has 1 amide bonds. The highest BCUT2D eigenvalue weighted by Gasteiger charge is 2.44. The maximum Gasteiger partial charge on any atom is 0.257 e. The van der Waals surface area contributed by atoms with E-state index in [2.05, 4.69) is 9.88 Å². The molecule has 0 bridgehead atoms. The summed E-state index contributed by atoms with van der Waals surface area (Å²) in [7, 11) is 3.43. The normalized spacial score (nSPS) is 21.8. The van der Waals surface area contributed by atoms with Gasteiger partial charge in [-0.25, -0.2) is 4.39 Å². The molecule has 154 valence electrons. The lowest BCUT2D eigenvalue weighted by molar-refractivity contribution is -0.0713. The molecular formula is C22H26FN3O3. The van der Waals surface area contributed by atoms with E-state index in [0.717, 1.165) is 18.7 Å². The van der Waals surface area contributed by atoms with Crippen molar-refractivity contribution in [1.82, 2.24) is 14.8 Å². The molecule has 29 heavy (non-hydrogen) atoms. The number of carbonyl (C=O) groups excluding carboxylic acids is 1. The largest absolute Gasteiger partial charge is 0.385 e. The number of hydrogen-bond donors (Lipinski definition) is 1. The van der Waals surface area contributed by atoms with Gasteiger partial charge in [-0.05, 0) is 50.2 Å². The maximum absolute atomic E-state index is 15.1. The molecule has 1 saturated heterocycles. The SMILES string of the molecule is COC1c2c(F)cc(C(C)(O)C3CN(C)C3)cc2C(=O)N1Cc1ccc(C)cn1. The zero-order valence-electron chi connectivity index (χ0n) is 17.1. The molecule has 0 spiro atoms. The molecule has 0 aliphatic carbocycles. The van der Waals surface area contributed by atoms with Crippen molar-refractivity contribution in [3.63, 3.8) is 0 Å². The molecule has 3 heterocycles. The number of nitrogens with zero attached hydrogens (tertiary/aromatic N) is 3. The molecule has 1 aromatic heterocycles. The Morgan fingerprint density at radius 3 is 2.66 bits per heavy atom. The first kappa shape index (κ1) is 19.9. The molecule has 1 N–H and O–H groups in total. The second kappa shape index (κ2) is 7.16. The summed E-state index contributed by atoms with van der Waals surface area (Å²) < 4.78 is 20.6. The number of halogens is 1. The summed E-state index contributed by atoms with van der Waals surface area (Å²) >= 11 is 0. The fourth-order valence-electron chi connectivity index (χ4n) is 4.21. The number of amides is 1. The monoisotopic (exact) mass is 399 g/mol. The van der Waals surface area contributed by atoms with Crippen molar-refractivity contribution in [2.24, 2.45) is 5.92 Å². The van der Waals surface area contributed by atoms with Crippen LogP contribution in [0.4, 0.5) is 4.39 Å². The molecule has 2 aromatic rings. The van der Waals surface area contributed by atoms with Crippen molar-refractivity contribution in [2.45, 2.75) is 32.2 Å². The van der Waals surface area contributed by atoms with Crippen LogP contribution in [0.25, 0.3) is 0 Å². The summed E-state index contributed by atoms with van der Waals surface area (Å²) in [5, 5.41) is 11.1. The van der Waals surface area contributed by atoms with Crippen LogP contribution in [0.1, 0.15) is 45.9 Å². The van der Waals surface area contributed by atoms with Gasteiger partial charge in [-0.3, -0.25) is 9.78 Å². The third-order valence-corrected chi connectivity index (χ3v) is 6.12. The number of hydrogen-bond acceptors (Lipinski definition) is 5. The van der Waals surface area contributed by atoms with Gasteiger partial charge in [0.15, 0.2) is 6.23 Å². The van der Waals surface area contributed by atoms with E-state index in [9.17, 15) is 9.90 Å². The number of benzene rings is 1. The topological polar surface area (TPSA) is 65.9 Å². The maximum atomic E-state index is 15.1. The molecule has 1 aromatic carbocycles. The minimum absolute atomic E-state index is 0.00691. The first-order chi connectivity index (χ1) is 13.7. The quantitative estimate of drug-likeness (QED) is 0.837. The number of pyridine rings is 1. The van der Waals surface area contributed by atoms with Crippen LogP contribution in [-0.2, 0) is 16.9 Å². The first-order valence-corrected chi connectivity index (χ1v) is 9.72. The summed E-state index contributed by atoms with van der Waals surface area (Å²) in [5.74, 6) is -0.867. The lowest BCUT2D eigenvalue weighted by Gasteiger charge is -2.45.